The third-order valence-electron chi connectivity index (χ3n) is 2.18. The Balaban J connectivity index is 3.32. The van der Waals surface area contributed by atoms with Gasteiger partial charge in [-0.15, -0.1) is 0 Å². The number of carbonyl (C=O) groups excluding carboxylic acids is 1. The summed E-state index contributed by atoms with van der Waals surface area (Å²) in [7, 11) is 0. The van der Waals surface area contributed by atoms with Gasteiger partial charge in [0, 0.05) is 6.20 Å². The molecule has 0 fully saturated rings. The summed E-state index contributed by atoms with van der Waals surface area (Å²) in [5.74, 6) is -0.736. The highest BCUT2D eigenvalue weighted by molar-refractivity contribution is 5.92. The molecule has 0 unspecified atom stereocenters. The Morgan fingerprint density at radius 1 is 1.65 bits per heavy atom. The number of aromatic nitrogens is 1. The van der Waals surface area contributed by atoms with Crippen LogP contribution in [0.2, 0.25) is 0 Å². The zero-order chi connectivity index (χ0) is 13.0. The highest BCUT2D eigenvalue weighted by Gasteiger charge is 2.21. The predicted octanol–water partition coefficient (Wildman–Crippen LogP) is 2.38. The van der Waals surface area contributed by atoms with E-state index in [1.54, 1.807) is 13.0 Å². The monoisotopic (exact) mass is 240 g/mol. The Kier molecular flexibility index (Phi) is 4.10. The third-order valence-corrected chi connectivity index (χ3v) is 2.18. The van der Waals surface area contributed by atoms with Gasteiger partial charge in [-0.05, 0) is 19.4 Å². The lowest BCUT2D eigenvalue weighted by molar-refractivity contribution is 0.0524. The van der Waals surface area contributed by atoms with Gasteiger partial charge >= 0.3 is 5.97 Å². The van der Waals surface area contributed by atoms with Gasteiger partial charge in [0.1, 0.15) is 11.8 Å². The van der Waals surface area contributed by atoms with Gasteiger partial charge in [0.15, 0.2) is 0 Å². The van der Waals surface area contributed by atoms with E-state index in [0.717, 1.165) is 6.20 Å². The van der Waals surface area contributed by atoms with Crippen LogP contribution in [0.4, 0.5) is 8.78 Å². The van der Waals surface area contributed by atoms with Crippen molar-refractivity contribution in [2.24, 2.45) is 0 Å². The minimum absolute atomic E-state index is 0.00746. The topological polar surface area (TPSA) is 63.0 Å². The van der Waals surface area contributed by atoms with Crippen LogP contribution in [0.1, 0.15) is 40.5 Å². The van der Waals surface area contributed by atoms with E-state index >= 15 is 0 Å². The van der Waals surface area contributed by atoms with Crippen molar-refractivity contribution in [3.8, 4) is 6.07 Å². The van der Waals surface area contributed by atoms with Crippen LogP contribution in [0.3, 0.4) is 0 Å². The van der Waals surface area contributed by atoms with E-state index < -0.39 is 18.1 Å². The number of hydrogen-bond donors (Lipinski definition) is 0. The van der Waals surface area contributed by atoms with Gasteiger partial charge in [0.05, 0.1) is 17.7 Å². The molecule has 6 heteroatoms. The number of carbonyl (C=O) groups is 1. The van der Waals surface area contributed by atoms with Crippen molar-refractivity contribution >= 4 is 5.97 Å². The third kappa shape index (κ3) is 2.56. The normalized spacial score (nSPS) is 10.1. The molecule has 0 atom stereocenters. The molecule has 0 saturated heterocycles. The number of halogens is 2. The van der Waals surface area contributed by atoms with E-state index in [9.17, 15) is 13.6 Å². The zero-order valence-corrected chi connectivity index (χ0v) is 9.33. The number of hydrogen-bond acceptors (Lipinski definition) is 4. The Hall–Kier alpha value is -2.03. The Morgan fingerprint density at radius 2 is 2.29 bits per heavy atom. The Labute approximate surface area is 96.8 Å². The maximum absolute atomic E-state index is 12.5. The van der Waals surface area contributed by atoms with Crippen LogP contribution in [-0.2, 0) is 4.74 Å². The van der Waals surface area contributed by atoms with Gasteiger partial charge in [-0.2, -0.15) is 5.26 Å². The van der Waals surface area contributed by atoms with Crippen LogP contribution in [0, 0.1) is 18.3 Å². The largest absolute Gasteiger partial charge is 0.462 e. The summed E-state index contributed by atoms with van der Waals surface area (Å²) in [5.41, 5.74) is -0.687. The molecule has 1 rings (SSSR count). The average Bonchev–Trinajstić information content (AvgIpc) is 2.28. The summed E-state index contributed by atoms with van der Waals surface area (Å²) in [6, 6.07) is 1.72. The van der Waals surface area contributed by atoms with Crippen LogP contribution in [-0.4, -0.2) is 17.6 Å². The fraction of sp³-hybridized carbons (Fsp3) is 0.364. The van der Waals surface area contributed by atoms with Crippen molar-refractivity contribution in [2.75, 3.05) is 6.61 Å². The number of pyridine rings is 1. The lowest BCUT2D eigenvalue weighted by atomic mass is 10.0. The van der Waals surface area contributed by atoms with Crippen LogP contribution < -0.4 is 0 Å². The Morgan fingerprint density at radius 3 is 2.76 bits per heavy atom. The molecule has 90 valence electrons. The lowest BCUT2D eigenvalue weighted by Crippen LogP contribution is -2.11. The predicted molar refractivity (Wildman–Crippen MR) is 54.6 cm³/mol. The van der Waals surface area contributed by atoms with Crippen molar-refractivity contribution in [2.45, 2.75) is 20.3 Å². The number of ether oxygens (including phenoxy) is 1. The molecule has 0 aliphatic rings. The first-order valence-electron chi connectivity index (χ1n) is 4.87. The molecular formula is C11H10F2N2O2. The maximum atomic E-state index is 12.5. The standard InChI is InChI=1S/C11H10F2N2O2/c1-3-17-11(16)8-5-15-9(10(12)13)6(2)7(8)4-14/h5,10H,3H2,1-2H3. The molecule has 1 aromatic heterocycles. The van der Waals surface area contributed by atoms with E-state index in [1.165, 1.54) is 6.92 Å². The van der Waals surface area contributed by atoms with E-state index in [-0.39, 0.29) is 23.3 Å². The average molecular weight is 240 g/mol. The smallest absolute Gasteiger partial charge is 0.341 e. The SMILES string of the molecule is CCOC(=O)c1cnc(C(F)F)c(C)c1C#N. The van der Waals surface area contributed by atoms with Crippen molar-refractivity contribution in [1.29, 1.82) is 5.26 Å². The van der Waals surface area contributed by atoms with Gasteiger partial charge in [0.25, 0.3) is 6.43 Å². The number of esters is 1. The lowest BCUT2D eigenvalue weighted by Gasteiger charge is -2.09. The summed E-state index contributed by atoms with van der Waals surface area (Å²) >= 11 is 0. The number of rotatable bonds is 3. The fourth-order valence-electron chi connectivity index (χ4n) is 1.35. The molecule has 4 nitrogen and oxygen atoms in total. The van der Waals surface area contributed by atoms with Gasteiger partial charge in [-0.1, -0.05) is 0 Å². The number of nitriles is 1. The van der Waals surface area contributed by atoms with Crippen molar-refractivity contribution in [3.63, 3.8) is 0 Å². The molecule has 1 aromatic rings. The number of alkyl halides is 2. The molecule has 0 spiro atoms. The van der Waals surface area contributed by atoms with Gasteiger partial charge in [-0.25, -0.2) is 13.6 Å². The Bertz CT molecular complexity index is 481. The highest BCUT2D eigenvalue weighted by atomic mass is 19.3. The van der Waals surface area contributed by atoms with Crippen molar-refractivity contribution in [1.82, 2.24) is 4.98 Å². The van der Waals surface area contributed by atoms with Crippen LogP contribution >= 0.6 is 0 Å². The first-order chi connectivity index (χ1) is 8.02. The second kappa shape index (κ2) is 5.34. The minimum atomic E-state index is -2.78. The minimum Gasteiger partial charge on any atom is -0.462 e. The molecule has 0 aromatic carbocycles. The van der Waals surface area contributed by atoms with Gasteiger partial charge in [-0.3, -0.25) is 4.98 Å². The second-order valence-electron chi connectivity index (χ2n) is 3.19. The molecular weight excluding hydrogens is 230 g/mol. The van der Waals surface area contributed by atoms with E-state index in [0.29, 0.717) is 0 Å². The highest BCUT2D eigenvalue weighted by Crippen LogP contribution is 2.24. The van der Waals surface area contributed by atoms with Crippen molar-refractivity contribution < 1.29 is 18.3 Å². The molecule has 0 saturated carbocycles. The van der Waals surface area contributed by atoms with E-state index in [2.05, 4.69) is 4.98 Å². The molecule has 0 radical (unpaired) electrons. The summed E-state index contributed by atoms with van der Waals surface area (Å²) in [5, 5.41) is 8.89. The molecule has 0 aliphatic heterocycles. The zero-order valence-electron chi connectivity index (χ0n) is 9.33. The summed E-state index contributed by atoms with van der Waals surface area (Å²) < 4.78 is 29.8. The first-order valence-corrected chi connectivity index (χ1v) is 4.87. The molecule has 0 N–H and O–H groups in total. The molecule has 17 heavy (non-hydrogen) atoms. The quantitative estimate of drug-likeness (QED) is 0.761. The van der Waals surface area contributed by atoms with E-state index in [4.69, 9.17) is 10.00 Å². The molecule has 0 amide bonds. The summed E-state index contributed by atoms with van der Waals surface area (Å²) in [6.07, 6.45) is -1.83. The molecule has 0 aliphatic carbocycles. The first kappa shape index (κ1) is 13.0. The number of nitrogens with zero attached hydrogens (tertiary/aromatic N) is 2. The molecule has 0 bridgehead atoms. The van der Waals surface area contributed by atoms with Gasteiger partial charge < -0.3 is 4.74 Å². The summed E-state index contributed by atoms with van der Waals surface area (Å²) in [4.78, 5) is 14.9. The maximum Gasteiger partial charge on any atom is 0.341 e. The molecule has 1 heterocycles. The summed E-state index contributed by atoms with van der Waals surface area (Å²) in [6.45, 7) is 3.08. The van der Waals surface area contributed by atoms with Gasteiger partial charge in [0.2, 0.25) is 0 Å². The van der Waals surface area contributed by atoms with Crippen LogP contribution in [0.25, 0.3) is 0 Å². The fourth-order valence-corrected chi connectivity index (χ4v) is 1.35. The van der Waals surface area contributed by atoms with Crippen LogP contribution in [0.5, 0.6) is 0 Å². The van der Waals surface area contributed by atoms with Crippen LogP contribution in [0.15, 0.2) is 6.20 Å². The van der Waals surface area contributed by atoms with Crippen molar-refractivity contribution in [3.05, 3.63) is 28.6 Å². The van der Waals surface area contributed by atoms with E-state index in [1.807, 2.05) is 0 Å². The second-order valence-corrected chi connectivity index (χ2v) is 3.19.